The van der Waals surface area contributed by atoms with Crippen LogP contribution in [-0.4, -0.2) is 31.6 Å². The molecule has 0 radical (unpaired) electrons. The second kappa shape index (κ2) is 5.65. The maximum absolute atomic E-state index is 10.6. The smallest absolute Gasteiger partial charge is 0.302 e. The van der Waals surface area contributed by atoms with E-state index >= 15 is 0 Å². The zero-order valence-corrected chi connectivity index (χ0v) is 10.3. The average Bonchev–Trinajstić information content (AvgIpc) is 2.76. The van der Waals surface area contributed by atoms with Gasteiger partial charge in [-0.25, -0.2) is 0 Å². The number of carbonyl (C=O) groups excluding carboxylic acids is 1. The van der Waals surface area contributed by atoms with E-state index in [1.807, 2.05) is 6.08 Å². The first-order valence-corrected chi connectivity index (χ1v) is 6.31. The predicted octanol–water partition coefficient (Wildman–Crippen LogP) is 2.04. The Labute approximate surface area is 102 Å². The van der Waals surface area contributed by atoms with Crippen LogP contribution in [0.1, 0.15) is 32.6 Å². The molecule has 2 aliphatic rings. The minimum Gasteiger partial charge on any atom is -0.462 e. The quantitative estimate of drug-likeness (QED) is 0.559. The molecule has 2 rings (SSSR count). The highest BCUT2D eigenvalue weighted by Crippen LogP contribution is 2.41. The third-order valence-corrected chi connectivity index (χ3v) is 3.38. The molecule has 1 unspecified atom stereocenters. The van der Waals surface area contributed by atoms with Gasteiger partial charge in [0.25, 0.3) is 0 Å². The number of esters is 1. The molecule has 0 N–H and O–H groups in total. The first-order chi connectivity index (χ1) is 8.23. The molecule has 1 spiro atoms. The Morgan fingerprint density at radius 1 is 1.41 bits per heavy atom. The molecule has 1 saturated carbocycles. The Hall–Kier alpha value is -0.870. The topological polar surface area (TPSA) is 44.8 Å². The van der Waals surface area contributed by atoms with Crippen LogP contribution in [-0.2, 0) is 19.0 Å². The third kappa shape index (κ3) is 3.07. The van der Waals surface area contributed by atoms with E-state index in [1.165, 1.54) is 13.3 Å². The highest BCUT2D eigenvalue weighted by atomic mass is 16.7. The standard InChI is InChI=1S/C13H20O4/c1-11(14)15-8-4-6-12-5-2-3-7-13(12)16-9-10-17-13/h4,6,12H,2-3,5,7-10H2,1H3/b6-4+. The molecule has 2 fully saturated rings. The van der Waals surface area contributed by atoms with E-state index < -0.39 is 5.79 Å². The van der Waals surface area contributed by atoms with E-state index in [-0.39, 0.29) is 11.9 Å². The molecule has 0 amide bonds. The minimum absolute atomic E-state index is 0.249. The summed E-state index contributed by atoms with van der Waals surface area (Å²) in [5.74, 6) is -0.360. The number of rotatable bonds is 3. The van der Waals surface area contributed by atoms with Gasteiger partial charge < -0.3 is 14.2 Å². The Kier molecular flexibility index (Phi) is 4.18. The van der Waals surface area contributed by atoms with E-state index in [9.17, 15) is 4.79 Å². The molecular formula is C13H20O4. The second-order valence-electron chi connectivity index (χ2n) is 4.59. The van der Waals surface area contributed by atoms with Gasteiger partial charge in [0.05, 0.1) is 13.2 Å². The van der Waals surface area contributed by atoms with Gasteiger partial charge in [0.1, 0.15) is 6.61 Å². The SMILES string of the molecule is CC(=O)OC/C=C/C1CCCCC12OCCO2. The molecule has 4 nitrogen and oxygen atoms in total. The molecular weight excluding hydrogens is 220 g/mol. The van der Waals surface area contributed by atoms with E-state index in [0.717, 1.165) is 19.3 Å². The molecule has 0 aromatic rings. The fraction of sp³-hybridized carbons (Fsp3) is 0.769. The van der Waals surface area contributed by atoms with Crippen LogP contribution < -0.4 is 0 Å². The molecule has 0 aromatic heterocycles. The monoisotopic (exact) mass is 240 g/mol. The van der Waals surface area contributed by atoms with Gasteiger partial charge in [-0.1, -0.05) is 18.6 Å². The van der Waals surface area contributed by atoms with Gasteiger partial charge in [0, 0.05) is 19.3 Å². The summed E-state index contributed by atoms with van der Waals surface area (Å²) in [7, 11) is 0. The highest BCUT2D eigenvalue weighted by Gasteiger charge is 2.44. The lowest BCUT2D eigenvalue weighted by atomic mass is 9.83. The number of hydrogen-bond acceptors (Lipinski definition) is 4. The zero-order chi connectivity index (χ0) is 12.1. The van der Waals surface area contributed by atoms with Gasteiger partial charge in [0.2, 0.25) is 0 Å². The molecule has 1 saturated heterocycles. The Bertz CT molecular complexity index is 292. The summed E-state index contributed by atoms with van der Waals surface area (Å²) < 4.78 is 16.5. The van der Waals surface area contributed by atoms with Crippen LogP contribution in [0.25, 0.3) is 0 Å². The van der Waals surface area contributed by atoms with Crippen molar-refractivity contribution in [1.82, 2.24) is 0 Å². The summed E-state index contributed by atoms with van der Waals surface area (Å²) in [5, 5.41) is 0. The zero-order valence-electron chi connectivity index (χ0n) is 10.3. The van der Waals surface area contributed by atoms with Gasteiger partial charge >= 0.3 is 5.97 Å². The normalized spacial score (nSPS) is 27.7. The van der Waals surface area contributed by atoms with Gasteiger partial charge in [-0.2, -0.15) is 0 Å². The molecule has 1 aliphatic carbocycles. The van der Waals surface area contributed by atoms with Crippen molar-refractivity contribution in [3.8, 4) is 0 Å². The first kappa shape index (κ1) is 12.6. The fourth-order valence-corrected chi connectivity index (χ4v) is 2.60. The second-order valence-corrected chi connectivity index (χ2v) is 4.59. The number of ether oxygens (including phenoxy) is 3. The van der Waals surface area contributed by atoms with Crippen LogP contribution in [0.5, 0.6) is 0 Å². The molecule has 4 heteroatoms. The summed E-state index contributed by atoms with van der Waals surface area (Å²) in [4.78, 5) is 10.6. The minimum atomic E-state index is -0.398. The average molecular weight is 240 g/mol. The molecule has 17 heavy (non-hydrogen) atoms. The largest absolute Gasteiger partial charge is 0.462 e. The molecule has 1 aliphatic heterocycles. The van der Waals surface area contributed by atoms with Crippen LogP contribution in [0.4, 0.5) is 0 Å². The lowest BCUT2D eigenvalue weighted by molar-refractivity contribution is -0.200. The van der Waals surface area contributed by atoms with Crippen molar-refractivity contribution in [2.45, 2.75) is 38.4 Å². The lowest BCUT2D eigenvalue weighted by Gasteiger charge is -2.37. The van der Waals surface area contributed by atoms with E-state index in [2.05, 4.69) is 6.08 Å². The maximum Gasteiger partial charge on any atom is 0.302 e. The highest BCUT2D eigenvalue weighted by molar-refractivity contribution is 5.65. The van der Waals surface area contributed by atoms with E-state index in [0.29, 0.717) is 19.8 Å². The van der Waals surface area contributed by atoms with Crippen molar-refractivity contribution in [2.24, 2.45) is 5.92 Å². The summed E-state index contributed by atoms with van der Waals surface area (Å²) in [6, 6.07) is 0. The number of carbonyl (C=O) groups is 1. The van der Waals surface area contributed by atoms with Crippen molar-refractivity contribution < 1.29 is 19.0 Å². The summed E-state index contributed by atoms with van der Waals surface area (Å²) in [5.41, 5.74) is 0. The van der Waals surface area contributed by atoms with E-state index in [1.54, 1.807) is 0 Å². The van der Waals surface area contributed by atoms with Gasteiger partial charge in [-0.15, -0.1) is 0 Å². The summed E-state index contributed by atoms with van der Waals surface area (Å²) in [6.45, 7) is 3.13. The van der Waals surface area contributed by atoms with Crippen molar-refractivity contribution in [2.75, 3.05) is 19.8 Å². The molecule has 1 heterocycles. The van der Waals surface area contributed by atoms with Crippen LogP contribution in [0.15, 0.2) is 12.2 Å². The van der Waals surface area contributed by atoms with Crippen LogP contribution >= 0.6 is 0 Å². The molecule has 0 aromatic carbocycles. The fourth-order valence-electron chi connectivity index (χ4n) is 2.60. The molecule has 1 atom stereocenters. The third-order valence-electron chi connectivity index (χ3n) is 3.38. The van der Waals surface area contributed by atoms with E-state index in [4.69, 9.17) is 14.2 Å². The van der Waals surface area contributed by atoms with Gasteiger partial charge in [-0.3, -0.25) is 4.79 Å². The Morgan fingerprint density at radius 3 is 2.88 bits per heavy atom. The molecule has 96 valence electrons. The Balaban J connectivity index is 1.90. The van der Waals surface area contributed by atoms with Gasteiger partial charge in [-0.05, 0) is 12.8 Å². The van der Waals surface area contributed by atoms with Gasteiger partial charge in [0.15, 0.2) is 5.79 Å². The first-order valence-electron chi connectivity index (χ1n) is 6.31. The van der Waals surface area contributed by atoms with Crippen LogP contribution in [0.3, 0.4) is 0 Å². The van der Waals surface area contributed by atoms with Crippen molar-refractivity contribution >= 4 is 5.97 Å². The van der Waals surface area contributed by atoms with Crippen molar-refractivity contribution in [3.63, 3.8) is 0 Å². The van der Waals surface area contributed by atoms with Crippen LogP contribution in [0.2, 0.25) is 0 Å². The number of hydrogen-bond donors (Lipinski definition) is 0. The van der Waals surface area contributed by atoms with Crippen molar-refractivity contribution in [3.05, 3.63) is 12.2 Å². The van der Waals surface area contributed by atoms with Crippen LogP contribution in [0, 0.1) is 5.92 Å². The van der Waals surface area contributed by atoms with Crippen molar-refractivity contribution in [1.29, 1.82) is 0 Å². The lowest BCUT2D eigenvalue weighted by Crippen LogP contribution is -2.40. The Morgan fingerprint density at radius 2 is 2.18 bits per heavy atom. The summed E-state index contributed by atoms with van der Waals surface area (Å²) in [6.07, 6.45) is 8.38. The molecule has 0 bridgehead atoms. The predicted molar refractivity (Wildman–Crippen MR) is 62.4 cm³/mol. The summed E-state index contributed by atoms with van der Waals surface area (Å²) >= 11 is 0. The maximum atomic E-state index is 10.6.